The summed E-state index contributed by atoms with van der Waals surface area (Å²) in [5.74, 6) is 1.99. The van der Waals surface area contributed by atoms with Crippen LogP contribution in [0.4, 0.5) is 0 Å². The lowest BCUT2D eigenvalue weighted by atomic mass is 9.93. The van der Waals surface area contributed by atoms with E-state index >= 15 is 0 Å². The van der Waals surface area contributed by atoms with Crippen molar-refractivity contribution >= 4 is 11.3 Å². The molecule has 5 nitrogen and oxygen atoms in total. The third kappa shape index (κ3) is 2.84. The van der Waals surface area contributed by atoms with E-state index in [0.29, 0.717) is 12.3 Å². The molecule has 102 valence electrons. The summed E-state index contributed by atoms with van der Waals surface area (Å²) in [5, 5.41) is 10.6. The standard InChI is InChI=1S/C13H18N4OS/c1-8-4-3-5-14-12(8)13-16-10(17-18-13)6-11-15-9(2)7-19-11/h7-8,12,14H,3-6H2,1-2H3. The molecule has 2 aromatic heterocycles. The Morgan fingerprint density at radius 1 is 1.47 bits per heavy atom. The number of aryl methyl sites for hydroxylation is 1. The maximum Gasteiger partial charge on any atom is 0.244 e. The Morgan fingerprint density at radius 3 is 3.11 bits per heavy atom. The lowest BCUT2D eigenvalue weighted by Gasteiger charge is -2.26. The van der Waals surface area contributed by atoms with Crippen molar-refractivity contribution in [3.63, 3.8) is 0 Å². The van der Waals surface area contributed by atoms with Crippen LogP contribution in [0.25, 0.3) is 0 Å². The summed E-state index contributed by atoms with van der Waals surface area (Å²) < 4.78 is 5.41. The first-order valence-electron chi connectivity index (χ1n) is 6.69. The summed E-state index contributed by atoms with van der Waals surface area (Å²) in [4.78, 5) is 8.94. The average molecular weight is 278 g/mol. The minimum absolute atomic E-state index is 0.202. The van der Waals surface area contributed by atoms with Crippen LogP contribution in [-0.2, 0) is 6.42 Å². The fourth-order valence-corrected chi connectivity index (χ4v) is 3.23. The lowest BCUT2D eigenvalue weighted by Crippen LogP contribution is -2.33. The van der Waals surface area contributed by atoms with Gasteiger partial charge in [-0.15, -0.1) is 11.3 Å². The molecule has 0 radical (unpaired) electrons. The van der Waals surface area contributed by atoms with E-state index in [-0.39, 0.29) is 6.04 Å². The fraction of sp³-hybridized carbons (Fsp3) is 0.615. The third-order valence-electron chi connectivity index (χ3n) is 3.50. The fourth-order valence-electron chi connectivity index (χ4n) is 2.46. The molecule has 1 aliphatic heterocycles. The highest BCUT2D eigenvalue weighted by atomic mass is 32.1. The first kappa shape index (κ1) is 12.7. The van der Waals surface area contributed by atoms with E-state index in [2.05, 4.69) is 27.4 Å². The smallest absolute Gasteiger partial charge is 0.244 e. The predicted octanol–water partition coefficient (Wildman–Crippen LogP) is 2.49. The molecule has 2 unspecified atom stereocenters. The van der Waals surface area contributed by atoms with Gasteiger partial charge in [-0.3, -0.25) is 0 Å². The summed E-state index contributed by atoms with van der Waals surface area (Å²) in [6.45, 7) is 5.25. The van der Waals surface area contributed by atoms with E-state index in [1.54, 1.807) is 11.3 Å². The van der Waals surface area contributed by atoms with Crippen molar-refractivity contribution in [1.29, 1.82) is 0 Å². The molecular weight excluding hydrogens is 260 g/mol. The Balaban J connectivity index is 1.72. The second kappa shape index (κ2) is 5.38. The Hall–Kier alpha value is -1.27. The zero-order valence-corrected chi connectivity index (χ0v) is 12.0. The topological polar surface area (TPSA) is 63.8 Å². The highest BCUT2D eigenvalue weighted by Gasteiger charge is 2.27. The van der Waals surface area contributed by atoms with Gasteiger partial charge < -0.3 is 9.84 Å². The van der Waals surface area contributed by atoms with E-state index in [1.165, 1.54) is 12.8 Å². The third-order valence-corrected chi connectivity index (χ3v) is 4.46. The van der Waals surface area contributed by atoms with Gasteiger partial charge in [0, 0.05) is 11.1 Å². The van der Waals surface area contributed by atoms with Gasteiger partial charge in [0.1, 0.15) is 5.01 Å². The number of hydrogen-bond acceptors (Lipinski definition) is 6. The summed E-state index contributed by atoms with van der Waals surface area (Å²) in [7, 11) is 0. The molecule has 0 spiro atoms. The van der Waals surface area contributed by atoms with Gasteiger partial charge in [0.2, 0.25) is 5.89 Å². The van der Waals surface area contributed by atoms with Gasteiger partial charge in [-0.1, -0.05) is 12.1 Å². The number of nitrogens with one attached hydrogen (secondary N) is 1. The van der Waals surface area contributed by atoms with Crippen molar-refractivity contribution < 1.29 is 4.52 Å². The number of hydrogen-bond donors (Lipinski definition) is 1. The quantitative estimate of drug-likeness (QED) is 0.934. The molecule has 0 saturated carbocycles. The molecule has 6 heteroatoms. The molecular formula is C13H18N4OS. The zero-order valence-electron chi connectivity index (χ0n) is 11.2. The average Bonchev–Trinajstić information content (AvgIpc) is 3.00. The second-order valence-corrected chi connectivity index (χ2v) is 6.10. The molecule has 0 bridgehead atoms. The number of aromatic nitrogens is 3. The summed E-state index contributed by atoms with van der Waals surface area (Å²) >= 11 is 1.64. The van der Waals surface area contributed by atoms with Gasteiger partial charge in [-0.2, -0.15) is 4.98 Å². The van der Waals surface area contributed by atoms with Gasteiger partial charge in [0.25, 0.3) is 0 Å². The monoisotopic (exact) mass is 278 g/mol. The van der Waals surface area contributed by atoms with Crippen LogP contribution in [0.15, 0.2) is 9.90 Å². The number of nitrogens with zero attached hydrogens (tertiary/aromatic N) is 3. The van der Waals surface area contributed by atoms with Crippen LogP contribution in [0.3, 0.4) is 0 Å². The van der Waals surface area contributed by atoms with Crippen molar-refractivity contribution in [2.45, 2.75) is 39.2 Å². The molecule has 2 atom stereocenters. The van der Waals surface area contributed by atoms with Crippen molar-refractivity contribution in [1.82, 2.24) is 20.4 Å². The Bertz CT molecular complexity index is 550. The van der Waals surface area contributed by atoms with Gasteiger partial charge >= 0.3 is 0 Å². The molecule has 0 aromatic carbocycles. The molecule has 1 fully saturated rings. The molecule has 0 amide bonds. The van der Waals surface area contributed by atoms with E-state index in [0.717, 1.165) is 29.0 Å². The molecule has 3 rings (SSSR count). The van der Waals surface area contributed by atoms with Crippen molar-refractivity contribution in [2.24, 2.45) is 5.92 Å². The maximum atomic E-state index is 5.41. The minimum Gasteiger partial charge on any atom is -0.338 e. The van der Waals surface area contributed by atoms with Crippen LogP contribution in [0, 0.1) is 12.8 Å². The number of rotatable bonds is 3. The van der Waals surface area contributed by atoms with E-state index in [9.17, 15) is 0 Å². The summed E-state index contributed by atoms with van der Waals surface area (Å²) in [6, 6.07) is 0.202. The summed E-state index contributed by atoms with van der Waals surface area (Å²) in [6.07, 6.45) is 3.08. The van der Waals surface area contributed by atoms with Gasteiger partial charge in [0.05, 0.1) is 12.5 Å². The van der Waals surface area contributed by atoms with E-state index in [4.69, 9.17) is 4.52 Å². The largest absolute Gasteiger partial charge is 0.338 e. The summed E-state index contributed by atoms with van der Waals surface area (Å²) in [5.41, 5.74) is 1.05. The van der Waals surface area contributed by atoms with Crippen LogP contribution in [0.2, 0.25) is 0 Å². The molecule has 3 heterocycles. The second-order valence-electron chi connectivity index (χ2n) is 5.16. The number of thiazole rings is 1. The number of piperidine rings is 1. The van der Waals surface area contributed by atoms with E-state index in [1.807, 2.05) is 12.3 Å². The van der Waals surface area contributed by atoms with Crippen LogP contribution in [0.1, 0.15) is 48.2 Å². The minimum atomic E-state index is 0.202. The first-order chi connectivity index (χ1) is 9.22. The van der Waals surface area contributed by atoms with Gasteiger partial charge in [-0.25, -0.2) is 4.98 Å². The van der Waals surface area contributed by atoms with Crippen molar-refractivity contribution in [3.05, 3.63) is 27.8 Å². The van der Waals surface area contributed by atoms with Crippen molar-refractivity contribution in [3.8, 4) is 0 Å². The van der Waals surface area contributed by atoms with Crippen LogP contribution >= 0.6 is 11.3 Å². The highest BCUT2D eigenvalue weighted by Crippen LogP contribution is 2.27. The van der Waals surface area contributed by atoms with Crippen molar-refractivity contribution in [2.75, 3.05) is 6.54 Å². The molecule has 0 aliphatic carbocycles. The predicted molar refractivity (Wildman–Crippen MR) is 73.1 cm³/mol. The molecule has 19 heavy (non-hydrogen) atoms. The Morgan fingerprint density at radius 2 is 2.37 bits per heavy atom. The molecule has 2 aromatic rings. The van der Waals surface area contributed by atoms with Gasteiger partial charge in [0.15, 0.2) is 5.82 Å². The molecule has 1 saturated heterocycles. The molecule has 1 aliphatic rings. The van der Waals surface area contributed by atoms with E-state index < -0.39 is 0 Å². The van der Waals surface area contributed by atoms with Gasteiger partial charge in [-0.05, 0) is 32.2 Å². The Labute approximate surface area is 116 Å². The first-order valence-corrected chi connectivity index (χ1v) is 7.57. The van der Waals surface area contributed by atoms with Crippen LogP contribution < -0.4 is 5.32 Å². The maximum absolute atomic E-state index is 5.41. The zero-order chi connectivity index (χ0) is 13.2. The Kier molecular flexibility index (Phi) is 3.61. The normalized spacial score (nSPS) is 23.7. The van der Waals surface area contributed by atoms with Crippen LogP contribution in [0.5, 0.6) is 0 Å². The highest BCUT2D eigenvalue weighted by molar-refractivity contribution is 7.09. The lowest BCUT2D eigenvalue weighted by molar-refractivity contribution is 0.239. The van der Waals surface area contributed by atoms with Crippen LogP contribution in [-0.4, -0.2) is 21.7 Å². The SMILES string of the molecule is Cc1csc(Cc2noc(C3NCCCC3C)n2)n1. The molecule has 1 N–H and O–H groups in total.